The fourth-order valence-corrected chi connectivity index (χ4v) is 4.01. The number of aromatic nitrogens is 3. The molecule has 0 bridgehead atoms. The van der Waals surface area contributed by atoms with Crippen LogP contribution in [0.1, 0.15) is 47.3 Å². The van der Waals surface area contributed by atoms with Crippen molar-refractivity contribution in [1.29, 1.82) is 0 Å². The highest BCUT2D eigenvalue weighted by Crippen LogP contribution is 2.31. The van der Waals surface area contributed by atoms with Gasteiger partial charge in [0.1, 0.15) is 0 Å². The van der Waals surface area contributed by atoms with E-state index in [0.717, 1.165) is 29.7 Å². The van der Waals surface area contributed by atoms with Gasteiger partial charge in [-0.3, -0.25) is 9.78 Å². The zero-order chi connectivity index (χ0) is 22.5. The van der Waals surface area contributed by atoms with Crippen molar-refractivity contribution in [2.24, 2.45) is 0 Å². The fraction of sp³-hybridized carbons (Fsp3) is 0.280. The van der Waals surface area contributed by atoms with Gasteiger partial charge in [0.25, 0.3) is 5.91 Å². The molecule has 3 heterocycles. The third-order valence-electron chi connectivity index (χ3n) is 5.68. The number of amides is 1. The highest BCUT2D eigenvalue weighted by molar-refractivity contribution is 5.94. The van der Waals surface area contributed by atoms with Gasteiger partial charge in [0.2, 0.25) is 0 Å². The van der Waals surface area contributed by atoms with Gasteiger partial charge in [-0.25, -0.2) is 14.4 Å². The first-order valence-electron chi connectivity index (χ1n) is 10.6. The number of carbonyl (C=O) groups is 1. The Bertz CT molecular complexity index is 1130. The molecule has 1 aliphatic rings. The summed E-state index contributed by atoms with van der Waals surface area (Å²) in [6.45, 7) is 3.13. The van der Waals surface area contributed by atoms with Gasteiger partial charge in [0.05, 0.1) is 12.8 Å². The lowest BCUT2D eigenvalue weighted by molar-refractivity contribution is 0.0711. The summed E-state index contributed by atoms with van der Waals surface area (Å²) in [5, 5.41) is 0. The molecule has 1 aromatic carbocycles. The molecule has 1 fully saturated rings. The molecule has 7 heteroatoms. The van der Waals surface area contributed by atoms with Gasteiger partial charge >= 0.3 is 0 Å². The highest BCUT2D eigenvalue weighted by Gasteiger charge is 2.27. The van der Waals surface area contributed by atoms with Crippen molar-refractivity contribution in [2.45, 2.75) is 25.7 Å². The average molecular weight is 432 g/mol. The topological polar surface area (TPSA) is 68.2 Å². The van der Waals surface area contributed by atoms with Gasteiger partial charge in [0.15, 0.2) is 17.4 Å². The molecule has 1 amide bonds. The lowest BCUT2D eigenvalue weighted by Gasteiger charge is -2.32. The maximum atomic E-state index is 14.0. The van der Waals surface area contributed by atoms with Crippen molar-refractivity contribution in [3.63, 3.8) is 0 Å². The molecule has 0 spiro atoms. The number of pyridine rings is 1. The normalized spacial score (nSPS) is 14.7. The second-order valence-corrected chi connectivity index (χ2v) is 7.69. The molecule has 3 aromatic rings. The first-order valence-corrected chi connectivity index (χ1v) is 10.6. The minimum Gasteiger partial charge on any atom is -0.494 e. The van der Waals surface area contributed by atoms with E-state index >= 15 is 0 Å². The maximum Gasteiger partial charge on any atom is 0.253 e. The van der Waals surface area contributed by atoms with Crippen LogP contribution >= 0.6 is 0 Å². The van der Waals surface area contributed by atoms with Crippen molar-refractivity contribution in [3.05, 3.63) is 77.6 Å². The first-order chi connectivity index (χ1) is 15.6. The van der Waals surface area contributed by atoms with Crippen LogP contribution in [0.5, 0.6) is 5.75 Å². The van der Waals surface area contributed by atoms with Gasteiger partial charge < -0.3 is 9.64 Å². The molecule has 0 N–H and O–H groups in total. The molecule has 0 atom stereocenters. The average Bonchev–Trinajstić information content (AvgIpc) is 2.84. The van der Waals surface area contributed by atoms with Gasteiger partial charge in [-0.15, -0.1) is 0 Å². The Hall–Kier alpha value is -3.61. The Morgan fingerprint density at radius 3 is 2.69 bits per heavy atom. The maximum absolute atomic E-state index is 14.0. The summed E-state index contributed by atoms with van der Waals surface area (Å²) >= 11 is 0. The summed E-state index contributed by atoms with van der Waals surface area (Å²) in [5.74, 6) is 0.278. The minimum absolute atomic E-state index is 0.130. The Balaban J connectivity index is 1.52. The van der Waals surface area contributed by atoms with E-state index in [9.17, 15) is 9.18 Å². The van der Waals surface area contributed by atoms with Crippen LogP contribution in [0.15, 0.2) is 55.0 Å². The van der Waals surface area contributed by atoms with E-state index in [-0.39, 0.29) is 17.6 Å². The Morgan fingerprint density at radius 2 is 2.03 bits per heavy atom. The number of ether oxygens (including phenoxy) is 1. The van der Waals surface area contributed by atoms with Crippen LogP contribution in [0.4, 0.5) is 4.39 Å². The third kappa shape index (κ3) is 4.51. The monoisotopic (exact) mass is 432 g/mol. The van der Waals surface area contributed by atoms with E-state index in [1.165, 1.54) is 19.2 Å². The van der Waals surface area contributed by atoms with E-state index in [1.54, 1.807) is 23.4 Å². The van der Waals surface area contributed by atoms with Gasteiger partial charge in [-0.2, -0.15) is 0 Å². The molecule has 0 radical (unpaired) electrons. The number of likely N-dealkylation sites (tertiary alicyclic amines) is 1. The van der Waals surface area contributed by atoms with E-state index in [1.807, 2.05) is 37.4 Å². The number of carbonyl (C=O) groups excluding carboxylic acids is 1. The summed E-state index contributed by atoms with van der Waals surface area (Å²) in [5.41, 5.74) is 3.17. The van der Waals surface area contributed by atoms with Crippen LogP contribution < -0.4 is 4.74 Å². The van der Waals surface area contributed by atoms with Crippen LogP contribution in [-0.4, -0.2) is 46.0 Å². The fourth-order valence-electron chi connectivity index (χ4n) is 4.01. The second kappa shape index (κ2) is 9.68. The molecule has 1 aliphatic heterocycles. The van der Waals surface area contributed by atoms with Crippen LogP contribution in [-0.2, 0) is 0 Å². The van der Waals surface area contributed by atoms with E-state index in [0.29, 0.717) is 24.5 Å². The predicted molar refractivity (Wildman–Crippen MR) is 121 cm³/mol. The molecule has 4 rings (SSSR count). The highest BCUT2D eigenvalue weighted by atomic mass is 19.1. The SMILES string of the molecule is C/C=C/c1cnc(-c2cccnc2)nc1C1CCN(C(=O)c2ccc(OC)c(F)c2)CC1. The molecule has 6 nitrogen and oxygen atoms in total. The number of hydrogen-bond donors (Lipinski definition) is 0. The van der Waals surface area contributed by atoms with Crippen LogP contribution in [0.3, 0.4) is 0 Å². The molecule has 32 heavy (non-hydrogen) atoms. The summed E-state index contributed by atoms with van der Waals surface area (Å²) in [4.78, 5) is 28.2. The Labute approximate surface area is 186 Å². The summed E-state index contributed by atoms with van der Waals surface area (Å²) in [6, 6.07) is 8.13. The van der Waals surface area contributed by atoms with E-state index in [2.05, 4.69) is 9.97 Å². The number of allylic oxidation sites excluding steroid dienone is 1. The molecule has 2 aromatic heterocycles. The zero-order valence-corrected chi connectivity index (χ0v) is 18.2. The van der Waals surface area contributed by atoms with Gasteiger partial charge in [-0.05, 0) is 50.1 Å². The smallest absolute Gasteiger partial charge is 0.253 e. The van der Waals surface area contributed by atoms with Crippen molar-refractivity contribution in [3.8, 4) is 17.1 Å². The van der Waals surface area contributed by atoms with E-state index in [4.69, 9.17) is 9.72 Å². The van der Waals surface area contributed by atoms with Gasteiger partial charge in [0, 0.05) is 54.3 Å². The predicted octanol–water partition coefficient (Wildman–Crippen LogP) is 4.74. The summed E-state index contributed by atoms with van der Waals surface area (Å²) in [6.07, 6.45) is 10.9. The Kier molecular flexibility index (Phi) is 6.54. The lowest BCUT2D eigenvalue weighted by Crippen LogP contribution is -2.38. The van der Waals surface area contributed by atoms with E-state index < -0.39 is 5.82 Å². The number of benzene rings is 1. The molecule has 0 aliphatic carbocycles. The van der Waals surface area contributed by atoms with Crippen molar-refractivity contribution in [1.82, 2.24) is 19.9 Å². The first kappa shape index (κ1) is 21.6. The molecular weight excluding hydrogens is 407 g/mol. The number of hydrogen-bond acceptors (Lipinski definition) is 5. The number of methoxy groups -OCH3 is 1. The largest absolute Gasteiger partial charge is 0.494 e. The summed E-state index contributed by atoms with van der Waals surface area (Å²) < 4.78 is 19.0. The number of nitrogens with zero attached hydrogens (tertiary/aromatic N) is 4. The van der Waals surface area contributed by atoms with Crippen molar-refractivity contribution >= 4 is 12.0 Å². The van der Waals surface area contributed by atoms with Crippen LogP contribution in [0.25, 0.3) is 17.5 Å². The summed E-state index contributed by atoms with van der Waals surface area (Å²) in [7, 11) is 1.40. The number of rotatable bonds is 5. The zero-order valence-electron chi connectivity index (χ0n) is 18.2. The minimum atomic E-state index is -0.534. The molecule has 164 valence electrons. The van der Waals surface area contributed by atoms with Crippen LogP contribution in [0.2, 0.25) is 0 Å². The van der Waals surface area contributed by atoms with Gasteiger partial charge in [-0.1, -0.05) is 12.2 Å². The Morgan fingerprint density at radius 1 is 1.22 bits per heavy atom. The lowest BCUT2D eigenvalue weighted by atomic mass is 9.90. The van der Waals surface area contributed by atoms with Crippen molar-refractivity contribution in [2.75, 3.05) is 20.2 Å². The molecular formula is C25H25FN4O2. The molecule has 0 saturated carbocycles. The van der Waals surface area contributed by atoms with Crippen molar-refractivity contribution < 1.29 is 13.9 Å². The number of halogens is 1. The van der Waals surface area contributed by atoms with Crippen LogP contribution in [0, 0.1) is 5.82 Å². The standard InChI is InChI=1S/C25H25FN4O2/c1-3-5-19-16-28-24(20-6-4-11-27-15-20)29-23(19)17-9-12-30(13-10-17)25(31)18-7-8-22(32-2)21(26)14-18/h3-8,11,14-17H,9-10,12-13H2,1-2H3/b5-3+. The quantitative estimate of drug-likeness (QED) is 0.583. The third-order valence-corrected chi connectivity index (χ3v) is 5.68. The molecule has 1 saturated heterocycles. The molecule has 0 unspecified atom stereocenters. The second-order valence-electron chi connectivity index (χ2n) is 7.69. The number of piperidine rings is 1.